The predicted octanol–water partition coefficient (Wildman–Crippen LogP) is 4.19. The van der Waals surface area contributed by atoms with E-state index in [1.165, 1.54) is 0 Å². The zero-order valence-electron chi connectivity index (χ0n) is 17.8. The molecule has 1 aromatic carbocycles. The lowest BCUT2D eigenvalue weighted by Gasteiger charge is -2.40. The number of nitrogens with one attached hydrogen (secondary N) is 1. The monoisotopic (exact) mass is 406 g/mol. The van der Waals surface area contributed by atoms with Crippen molar-refractivity contribution in [2.45, 2.75) is 33.2 Å². The van der Waals surface area contributed by atoms with Gasteiger partial charge in [-0.3, -0.25) is 4.79 Å². The fourth-order valence-corrected chi connectivity index (χ4v) is 4.75. The summed E-state index contributed by atoms with van der Waals surface area (Å²) in [6.45, 7) is 8.30. The molecule has 0 unspecified atom stereocenters. The summed E-state index contributed by atoms with van der Waals surface area (Å²) in [5.74, 6) is 2.50. The molecule has 158 valence electrons. The van der Waals surface area contributed by atoms with E-state index in [2.05, 4.69) is 53.3 Å². The quantitative estimate of drug-likeness (QED) is 0.828. The molecule has 2 aliphatic heterocycles. The lowest BCUT2D eigenvalue weighted by atomic mass is 9.69. The highest BCUT2D eigenvalue weighted by molar-refractivity contribution is 6.00. The van der Waals surface area contributed by atoms with Crippen LogP contribution < -0.4 is 15.1 Å². The summed E-state index contributed by atoms with van der Waals surface area (Å²) in [4.78, 5) is 22.4. The number of carbonyl (C=O) groups excluding carboxylic acids is 1. The molecule has 1 saturated heterocycles. The van der Waals surface area contributed by atoms with Gasteiger partial charge in [0.05, 0.1) is 31.1 Å². The molecule has 30 heavy (non-hydrogen) atoms. The number of nitrogens with zero attached hydrogens (tertiary/aromatic N) is 3. The van der Waals surface area contributed by atoms with Crippen LogP contribution in [-0.2, 0) is 16.1 Å². The second-order valence-electron chi connectivity index (χ2n) is 9.03. The Morgan fingerprint density at radius 3 is 2.77 bits per heavy atom. The van der Waals surface area contributed by atoms with E-state index in [1.807, 2.05) is 11.0 Å². The molecule has 3 heterocycles. The molecule has 1 amide bonds. The third kappa shape index (κ3) is 3.54. The Morgan fingerprint density at radius 1 is 1.20 bits per heavy atom. The predicted molar refractivity (Wildman–Crippen MR) is 119 cm³/mol. The normalized spacial score (nSPS) is 23.2. The van der Waals surface area contributed by atoms with Crippen molar-refractivity contribution >= 4 is 28.8 Å². The molecule has 6 heteroatoms. The Morgan fingerprint density at radius 2 is 2.00 bits per heavy atom. The van der Waals surface area contributed by atoms with Crippen LogP contribution in [0.4, 0.5) is 22.9 Å². The van der Waals surface area contributed by atoms with Gasteiger partial charge < -0.3 is 19.9 Å². The van der Waals surface area contributed by atoms with Gasteiger partial charge in [0.25, 0.3) is 0 Å². The molecular formula is C24H30N4O2. The van der Waals surface area contributed by atoms with Gasteiger partial charge >= 0.3 is 0 Å². The highest BCUT2D eigenvalue weighted by Gasteiger charge is 2.39. The Labute approximate surface area is 178 Å². The molecule has 1 saturated carbocycles. The van der Waals surface area contributed by atoms with Gasteiger partial charge in [0.1, 0.15) is 5.82 Å². The second kappa shape index (κ2) is 7.91. The average Bonchev–Trinajstić information content (AvgIpc) is 2.89. The van der Waals surface area contributed by atoms with Crippen molar-refractivity contribution in [3.05, 3.63) is 42.1 Å². The maximum Gasteiger partial charge on any atom is 0.230 e. The molecule has 1 aromatic heterocycles. The topological polar surface area (TPSA) is 57.7 Å². The maximum absolute atomic E-state index is 13.6. The van der Waals surface area contributed by atoms with Gasteiger partial charge in [-0.25, -0.2) is 4.98 Å². The number of aromatic nitrogens is 1. The van der Waals surface area contributed by atoms with E-state index in [0.717, 1.165) is 67.6 Å². The number of anilines is 4. The molecule has 2 fully saturated rings. The summed E-state index contributed by atoms with van der Waals surface area (Å²) in [7, 11) is 0. The summed E-state index contributed by atoms with van der Waals surface area (Å²) in [5, 5.41) is 3.47. The van der Waals surface area contributed by atoms with Crippen molar-refractivity contribution in [2.75, 3.05) is 41.4 Å². The van der Waals surface area contributed by atoms with E-state index in [0.29, 0.717) is 18.4 Å². The minimum absolute atomic E-state index is 0.121. The first-order valence-electron chi connectivity index (χ1n) is 11.1. The van der Waals surface area contributed by atoms with E-state index in [9.17, 15) is 4.79 Å². The van der Waals surface area contributed by atoms with E-state index in [4.69, 9.17) is 4.74 Å². The van der Waals surface area contributed by atoms with E-state index < -0.39 is 0 Å². The molecule has 0 spiro atoms. The molecule has 0 radical (unpaired) electrons. The molecule has 1 aliphatic carbocycles. The number of hydrogen-bond acceptors (Lipinski definition) is 5. The van der Waals surface area contributed by atoms with Crippen LogP contribution in [0.2, 0.25) is 0 Å². The molecule has 1 N–H and O–H groups in total. The van der Waals surface area contributed by atoms with Crippen molar-refractivity contribution in [2.24, 2.45) is 17.8 Å². The lowest BCUT2D eigenvalue weighted by molar-refractivity contribution is -0.127. The Hall–Kier alpha value is -2.60. The fraction of sp³-hybridized carbons (Fsp3) is 0.500. The summed E-state index contributed by atoms with van der Waals surface area (Å²) in [5.41, 5.74) is 4.09. The van der Waals surface area contributed by atoms with Crippen LogP contribution in [0.3, 0.4) is 0 Å². The van der Waals surface area contributed by atoms with Gasteiger partial charge in [-0.05, 0) is 48.9 Å². The first kappa shape index (κ1) is 19.4. The molecular weight excluding hydrogens is 376 g/mol. The minimum Gasteiger partial charge on any atom is -0.378 e. The van der Waals surface area contributed by atoms with Crippen LogP contribution in [0.1, 0.15) is 32.3 Å². The highest BCUT2D eigenvalue weighted by Crippen LogP contribution is 2.43. The second-order valence-corrected chi connectivity index (χ2v) is 9.03. The zero-order chi connectivity index (χ0) is 20.7. The molecule has 0 atom stereocenters. The number of pyridine rings is 1. The van der Waals surface area contributed by atoms with Gasteiger partial charge in [0.15, 0.2) is 0 Å². The van der Waals surface area contributed by atoms with Gasteiger partial charge in [-0.1, -0.05) is 19.9 Å². The van der Waals surface area contributed by atoms with Gasteiger partial charge in [-0.15, -0.1) is 0 Å². The summed E-state index contributed by atoms with van der Waals surface area (Å²) in [6.07, 6.45) is 3.79. The van der Waals surface area contributed by atoms with Crippen LogP contribution in [0.15, 0.2) is 36.5 Å². The number of carbonyl (C=O) groups is 1. The van der Waals surface area contributed by atoms with Crippen LogP contribution in [-0.4, -0.2) is 37.2 Å². The number of benzene rings is 1. The van der Waals surface area contributed by atoms with Crippen molar-refractivity contribution < 1.29 is 9.53 Å². The molecule has 0 bridgehead atoms. The SMILES string of the molecule is CC(C)C1CC(C(=O)N2Cc3cccnc3Nc3ccc(N4CCOCC4)cc32)C1. The summed E-state index contributed by atoms with van der Waals surface area (Å²) < 4.78 is 5.51. The van der Waals surface area contributed by atoms with Crippen LogP contribution in [0.5, 0.6) is 0 Å². The van der Waals surface area contributed by atoms with Crippen LogP contribution in [0.25, 0.3) is 0 Å². The van der Waals surface area contributed by atoms with Gasteiger partial charge in [0, 0.05) is 36.5 Å². The molecule has 6 nitrogen and oxygen atoms in total. The molecule has 2 aromatic rings. The Balaban J connectivity index is 1.49. The number of morpholine rings is 1. The van der Waals surface area contributed by atoms with Crippen molar-refractivity contribution in [3.8, 4) is 0 Å². The third-order valence-corrected chi connectivity index (χ3v) is 6.85. The highest BCUT2D eigenvalue weighted by atomic mass is 16.5. The van der Waals surface area contributed by atoms with E-state index >= 15 is 0 Å². The fourth-order valence-electron chi connectivity index (χ4n) is 4.75. The standard InChI is InChI=1S/C24H30N4O2/c1-16(2)18-12-19(13-18)24(29)28-15-17-4-3-7-25-23(17)26-21-6-5-20(14-22(21)28)27-8-10-30-11-9-27/h3-7,14,16,18-19H,8-13,15H2,1-2H3,(H,25,26). The van der Waals surface area contributed by atoms with Crippen LogP contribution >= 0.6 is 0 Å². The van der Waals surface area contributed by atoms with E-state index in [1.54, 1.807) is 6.20 Å². The number of ether oxygens (including phenoxy) is 1. The van der Waals surface area contributed by atoms with Crippen LogP contribution in [0, 0.1) is 17.8 Å². The summed E-state index contributed by atoms with van der Waals surface area (Å²) >= 11 is 0. The molecule has 3 aliphatic rings. The first-order valence-corrected chi connectivity index (χ1v) is 11.1. The zero-order valence-corrected chi connectivity index (χ0v) is 17.8. The maximum atomic E-state index is 13.6. The first-order chi connectivity index (χ1) is 14.6. The van der Waals surface area contributed by atoms with Crippen molar-refractivity contribution in [3.63, 3.8) is 0 Å². The Bertz CT molecular complexity index is 933. The third-order valence-electron chi connectivity index (χ3n) is 6.85. The number of fused-ring (bicyclic) bond motifs is 2. The smallest absolute Gasteiger partial charge is 0.230 e. The number of hydrogen-bond donors (Lipinski definition) is 1. The largest absolute Gasteiger partial charge is 0.378 e. The van der Waals surface area contributed by atoms with Crippen molar-refractivity contribution in [1.29, 1.82) is 0 Å². The van der Waals surface area contributed by atoms with Gasteiger partial charge in [0.2, 0.25) is 5.91 Å². The summed E-state index contributed by atoms with van der Waals surface area (Å²) in [6, 6.07) is 10.4. The Kier molecular flexibility index (Phi) is 5.11. The average molecular weight is 407 g/mol. The number of amides is 1. The van der Waals surface area contributed by atoms with Gasteiger partial charge in [-0.2, -0.15) is 0 Å². The van der Waals surface area contributed by atoms with E-state index in [-0.39, 0.29) is 11.8 Å². The number of rotatable bonds is 3. The lowest BCUT2D eigenvalue weighted by Crippen LogP contribution is -2.43. The molecule has 5 rings (SSSR count). The van der Waals surface area contributed by atoms with Crippen molar-refractivity contribution in [1.82, 2.24) is 4.98 Å². The minimum atomic E-state index is 0.121.